The van der Waals surface area contributed by atoms with Crippen molar-refractivity contribution in [2.75, 3.05) is 5.32 Å². The van der Waals surface area contributed by atoms with Gasteiger partial charge in [0.15, 0.2) is 0 Å². The normalized spacial score (nSPS) is 10.2. The Hall–Kier alpha value is -3.45. The number of aryl methyl sites for hydroxylation is 2. The van der Waals surface area contributed by atoms with Crippen LogP contribution in [0.3, 0.4) is 0 Å². The summed E-state index contributed by atoms with van der Waals surface area (Å²) in [4.78, 5) is 27.6. The van der Waals surface area contributed by atoms with Crippen molar-refractivity contribution in [2.45, 2.75) is 13.8 Å². The Morgan fingerprint density at radius 1 is 1.12 bits per heavy atom. The van der Waals surface area contributed by atoms with Crippen molar-refractivity contribution in [1.82, 2.24) is 11.1 Å². The molecule has 0 unspecified atom stereocenters. The number of carboxylic acid groups (broad SMARTS) is 1. The number of nitrogens with zero attached hydrogens (tertiary/aromatic N) is 1. The van der Waals surface area contributed by atoms with Crippen molar-refractivity contribution in [3.05, 3.63) is 64.7 Å². The van der Waals surface area contributed by atoms with E-state index >= 15 is 0 Å². The molecular formula is C19H20N4O3. The Balaban J connectivity index is 0.00000243. The Morgan fingerprint density at radius 3 is 2.46 bits per heavy atom. The number of benzene rings is 2. The number of nitrogens with two attached hydrogens (primary N) is 1. The van der Waals surface area contributed by atoms with Crippen LogP contribution >= 0.6 is 0 Å². The average Bonchev–Trinajstić information content (AvgIpc) is 2.54. The minimum absolute atomic E-state index is 0. The van der Waals surface area contributed by atoms with Crippen molar-refractivity contribution in [1.29, 1.82) is 0 Å². The minimum Gasteiger partial charge on any atom is -0.478 e. The molecule has 0 aliphatic rings. The van der Waals surface area contributed by atoms with Crippen LogP contribution in [0.25, 0.3) is 10.9 Å². The Morgan fingerprint density at radius 2 is 1.85 bits per heavy atom. The second kappa shape index (κ2) is 7.20. The third-order valence-electron chi connectivity index (χ3n) is 3.90. The Bertz CT molecular complexity index is 1020. The fourth-order valence-electron chi connectivity index (χ4n) is 2.73. The SMILES string of the molecule is Cc1cccc(Nc2nc3c(C)cc(C(=O)O)cc3cc2C(N)=O)c1.N. The molecule has 0 saturated carbocycles. The second-order valence-electron chi connectivity index (χ2n) is 5.91. The zero-order chi connectivity index (χ0) is 18.1. The quantitative estimate of drug-likeness (QED) is 0.566. The van der Waals surface area contributed by atoms with E-state index in [1.54, 1.807) is 19.1 Å². The van der Waals surface area contributed by atoms with E-state index in [4.69, 9.17) is 5.73 Å². The summed E-state index contributed by atoms with van der Waals surface area (Å²) in [7, 11) is 0. The zero-order valence-electron chi connectivity index (χ0n) is 14.5. The molecule has 1 aromatic heterocycles. The lowest BCUT2D eigenvalue weighted by Crippen LogP contribution is -2.14. The van der Waals surface area contributed by atoms with E-state index in [1.165, 1.54) is 6.07 Å². The van der Waals surface area contributed by atoms with Crippen LogP contribution < -0.4 is 17.2 Å². The summed E-state index contributed by atoms with van der Waals surface area (Å²) < 4.78 is 0. The summed E-state index contributed by atoms with van der Waals surface area (Å²) in [5, 5.41) is 12.9. The van der Waals surface area contributed by atoms with Gasteiger partial charge in [-0.25, -0.2) is 9.78 Å². The maximum atomic E-state index is 11.9. The number of nitrogens with one attached hydrogen (secondary N) is 1. The van der Waals surface area contributed by atoms with Crippen molar-refractivity contribution >= 4 is 34.3 Å². The van der Waals surface area contributed by atoms with Crippen LogP contribution in [0.15, 0.2) is 42.5 Å². The number of rotatable bonds is 4. The van der Waals surface area contributed by atoms with Gasteiger partial charge in [-0.1, -0.05) is 12.1 Å². The van der Waals surface area contributed by atoms with E-state index in [0.29, 0.717) is 22.3 Å². The highest BCUT2D eigenvalue weighted by Crippen LogP contribution is 2.27. The minimum atomic E-state index is -1.03. The number of aromatic carboxylic acids is 1. The third kappa shape index (κ3) is 3.62. The van der Waals surface area contributed by atoms with Gasteiger partial charge in [0.2, 0.25) is 0 Å². The number of carboxylic acids is 1. The number of carbonyl (C=O) groups is 2. The number of anilines is 2. The molecule has 0 bridgehead atoms. The number of hydrogen-bond acceptors (Lipinski definition) is 5. The molecule has 0 atom stereocenters. The van der Waals surface area contributed by atoms with Gasteiger partial charge in [0.1, 0.15) is 5.82 Å². The molecule has 2 aromatic carbocycles. The van der Waals surface area contributed by atoms with E-state index < -0.39 is 11.9 Å². The second-order valence-corrected chi connectivity index (χ2v) is 5.91. The smallest absolute Gasteiger partial charge is 0.335 e. The molecule has 1 heterocycles. The first-order valence-electron chi connectivity index (χ1n) is 7.67. The average molecular weight is 352 g/mol. The molecule has 0 aliphatic carbocycles. The summed E-state index contributed by atoms with van der Waals surface area (Å²) in [6.45, 7) is 3.74. The lowest BCUT2D eigenvalue weighted by Gasteiger charge is -2.13. The van der Waals surface area contributed by atoms with Crippen LogP contribution in [0.1, 0.15) is 31.8 Å². The van der Waals surface area contributed by atoms with Crippen molar-refractivity contribution in [3.63, 3.8) is 0 Å². The first-order valence-corrected chi connectivity index (χ1v) is 7.67. The van der Waals surface area contributed by atoms with Crippen LogP contribution in [0, 0.1) is 13.8 Å². The molecule has 0 spiro atoms. The van der Waals surface area contributed by atoms with Gasteiger partial charge in [0.05, 0.1) is 16.6 Å². The van der Waals surface area contributed by atoms with Gasteiger partial charge >= 0.3 is 5.97 Å². The molecule has 0 aliphatic heterocycles. The van der Waals surface area contributed by atoms with Crippen LogP contribution in [-0.2, 0) is 0 Å². The highest BCUT2D eigenvalue weighted by molar-refractivity contribution is 6.03. The third-order valence-corrected chi connectivity index (χ3v) is 3.90. The summed E-state index contributed by atoms with van der Waals surface area (Å²) >= 11 is 0. The van der Waals surface area contributed by atoms with Crippen molar-refractivity contribution < 1.29 is 14.7 Å². The predicted molar refractivity (Wildman–Crippen MR) is 101 cm³/mol. The highest BCUT2D eigenvalue weighted by atomic mass is 16.4. The number of primary amides is 1. The lowest BCUT2D eigenvalue weighted by atomic mass is 10.0. The molecule has 0 radical (unpaired) electrons. The number of hydrogen-bond donors (Lipinski definition) is 4. The Kier molecular flexibility index (Phi) is 5.23. The van der Waals surface area contributed by atoms with Gasteiger partial charge in [-0.2, -0.15) is 0 Å². The monoisotopic (exact) mass is 352 g/mol. The molecule has 3 rings (SSSR count). The number of amides is 1. The maximum absolute atomic E-state index is 11.9. The molecule has 7 heteroatoms. The fourth-order valence-corrected chi connectivity index (χ4v) is 2.73. The summed E-state index contributed by atoms with van der Waals surface area (Å²) in [6, 6.07) is 12.3. The van der Waals surface area contributed by atoms with Crippen LogP contribution in [0.5, 0.6) is 0 Å². The first-order chi connectivity index (χ1) is 11.8. The molecule has 26 heavy (non-hydrogen) atoms. The predicted octanol–water partition coefficient (Wildman–Crippen LogP) is 3.55. The van der Waals surface area contributed by atoms with Gasteiger partial charge in [0, 0.05) is 11.1 Å². The fraction of sp³-hybridized carbons (Fsp3) is 0.105. The van der Waals surface area contributed by atoms with E-state index in [1.807, 2.05) is 31.2 Å². The number of pyridine rings is 1. The number of aromatic nitrogens is 1. The molecule has 0 fully saturated rings. The van der Waals surface area contributed by atoms with Crippen molar-refractivity contribution in [2.24, 2.45) is 5.73 Å². The molecular weight excluding hydrogens is 332 g/mol. The van der Waals surface area contributed by atoms with E-state index in [9.17, 15) is 14.7 Å². The van der Waals surface area contributed by atoms with Gasteiger partial charge in [-0.3, -0.25) is 4.79 Å². The van der Waals surface area contributed by atoms with Gasteiger partial charge < -0.3 is 22.3 Å². The number of fused-ring (bicyclic) bond motifs is 1. The van der Waals surface area contributed by atoms with Crippen molar-refractivity contribution in [3.8, 4) is 0 Å². The van der Waals surface area contributed by atoms with Gasteiger partial charge in [0.25, 0.3) is 5.91 Å². The molecule has 3 aromatic rings. The topological polar surface area (TPSA) is 140 Å². The van der Waals surface area contributed by atoms with E-state index in [-0.39, 0.29) is 17.3 Å². The van der Waals surface area contributed by atoms with Gasteiger partial charge in [-0.05, 0) is 55.3 Å². The maximum Gasteiger partial charge on any atom is 0.335 e. The van der Waals surface area contributed by atoms with Gasteiger partial charge in [-0.15, -0.1) is 0 Å². The molecule has 7 N–H and O–H groups in total. The Labute approximate surface area is 150 Å². The van der Waals surface area contributed by atoms with Crippen LogP contribution in [0.2, 0.25) is 0 Å². The number of carbonyl (C=O) groups excluding carboxylic acids is 1. The van der Waals surface area contributed by atoms with Crippen LogP contribution in [-0.4, -0.2) is 22.0 Å². The zero-order valence-corrected chi connectivity index (χ0v) is 14.5. The van der Waals surface area contributed by atoms with E-state index in [2.05, 4.69) is 10.3 Å². The highest BCUT2D eigenvalue weighted by Gasteiger charge is 2.15. The lowest BCUT2D eigenvalue weighted by molar-refractivity contribution is 0.0696. The molecule has 1 amide bonds. The van der Waals surface area contributed by atoms with E-state index in [0.717, 1.165) is 11.3 Å². The summed E-state index contributed by atoms with van der Waals surface area (Å²) in [5.74, 6) is -1.33. The molecule has 7 nitrogen and oxygen atoms in total. The standard InChI is InChI=1S/C19H17N3O3.H3N/c1-10-4-3-5-14(6-10)21-18-15(17(20)23)9-12-8-13(19(24)25)7-11(2)16(12)22-18;/h3-9H,1-2H3,(H2,20,23)(H,21,22)(H,24,25);1H3. The summed E-state index contributed by atoms with van der Waals surface area (Å²) in [5.41, 5.74) is 9.01. The molecule has 0 saturated heterocycles. The first kappa shape index (κ1) is 18.9. The van der Waals surface area contributed by atoms with Crippen LogP contribution in [0.4, 0.5) is 11.5 Å². The molecule has 134 valence electrons. The summed E-state index contributed by atoms with van der Waals surface area (Å²) in [6.07, 6.45) is 0. The largest absolute Gasteiger partial charge is 0.478 e.